The van der Waals surface area contributed by atoms with Crippen molar-refractivity contribution in [2.24, 2.45) is 10.9 Å². The molecular weight excluding hydrogens is 633 g/mol. The number of hydrogen-bond donors (Lipinski definition) is 4. The molecule has 3 aliphatic rings. The smallest absolute Gasteiger partial charge is 0.276 e. The highest BCUT2D eigenvalue weighted by atomic mass is 32.2. The molecule has 44 heavy (non-hydrogen) atoms. The predicted molar refractivity (Wildman–Crippen MR) is 159 cm³/mol. The van der Waals surface area contributed by atoms with E-state index in [4.69, 9.17) is 16.3 Å². The van der Waals surface area contributed by atoms with Crippen molar-refractivity contribution in [3.8, 4) is 0 Å². The van der Waals surface area contributed by atoms with E-state index in [1.165, 1.54) is 28.5 Å². The summed E-state index contributed by atoms with van der Waals surface area (Å²) in [6.07, 6.45) is 3.74. The van der Waals surface area contributed by atoms with Crippen LogP contribution in [0, 0.1) is 0 Å². The zero-order valence-electron chi connectivity index (χ0n) is 22.7. The number of rotatable bonds is 11. The van der Waals surface area contributed by atoms with Crippen LogP contribution in [0.15, 0.2) is 45.5 Å². The number of nitrogens with zero attached hydrogens (tertiary/aromatic N) is 4. The summed E-state index contributed by atoms with van der Waals surface area (Å²) in [5.41, 5.74) is 10.5. The van der Waals surface area contributed by atoms with Gasteiger partial charge < -0.3 is 36.8 Å². The van der Waals surface area contributed by atoms with Crippen molar-refractivity contribution >= 4 is 91.3 Å². The molecule has 1 unspecified atom stereocenters. The molecule has 228 valence electrons. The maximum absolute atomic E-state index is 13.4. The van der Waals surface area contributed by atoms with Gasteiger partial charge in [-0.05, 0) is 25.3 Å². The molecule has 2 atom stereocenters. The highest BCUT2D eigenvalue weighted by Gasteiger charge is 2.54. The van der Waals surface area contributed by atoms with Crippen LogP contribution in [0.2, 0.25) is 0 Å². The Hall–Kier alpha value is -4.55. The van der Waals surface area contributed by atoms with Crippen LogP contribution in [-0.2, 0) is 35.4 Å². The molecule has 15 nitrogen and oxygen atoms in total. The third kappa shape index (κ3) is 5.03. The van der Waals surface area contributed by atoms with Gasteiger partial charge in [0.25, 0.3) is 22.6 Å². The normalized spacial score (nSPS) is 20.8. The topological polar surface area (TPSA) is 226 Å². The van der Waals surface area contributed by atoms with Crippen molar-refractivity contribution in [2.75, 3.05) is 16.8 Å². The van der Waals surface area contributed by atoms with E-state index in [9.17, 15) is 29.1 Å². The lowest BCUT2D eigenvalue weighted by atomic mass is 9.80. The summed E-state index contributed by atoms with van der Waals surface area (Å²) in [4.78, 5) is 73.4. The quantitative estimate of drug-likeness (QED) is 0.0649. The van der Waals surface area contributed by atoms with Crippen molar-refractivity contribution in [1.29, 1.82) is 0 Å². The Bertz CT molecular complexity index is 1780. The first-order chi connectivity index (χ1) is 21.1. The molecule has 3 aromatic heterocycles. The van der Waals surface area contributed by atoms with E-state index < -0.39 is 40.7 Å². The van der Waals surface area contributed by atoms with E-state index in [2.05, 4.69) is 20.8 Å². The molecule has 4 amide bonds. The molecule has 1 saturated carbocycles. The fourth-order valence-electron chi connectivity index (χ4n) is 5.17. The van der Waals surface area contributed by atoms with Crippen LogP contribution in [0.5, 0.6) is 0 Å². The van der Waals surface area contributed by atoms with Crippen LogP contribution < -0.4 is 31.8 Å². The molecule has 6 rings (SSSR count). The molecule has 1 saturated heterocycles. The van der Waals surface area contributed by atoms with Crippen LogP contribution in [0.25, 0.3) is 10.2 Å². The summed E-state index contributed by atoms with van der Waals surface area (Å²) in [6, 6.07) is 2.53. The SMILES string of the molecule is NC(=O)C1(O/N=C(\C(=O)NC2C(=O)N3C(C(=O)[O-])=C(C[n+]4cccc5c(NC=O)csc54)CS[C@H]23)c2csc(N)n2)CCC1. The fraction of sp³-hybridized carbons (Fsp3) is 0.308. The number of carbonyl (C=O) groups excluding carboxylic acids is 5. The minimum Gasteiger partial charge on any atom is -0.543 e. The monoisotopic (exact) mass is 656 g/mol. The minimum absolute atomic E-state index is 0.0766. The van der Waals surface area contributed by atoms with Gasteiger partial charge in [0.15, 0.2) is 23.6 Å². The molecule has 0 radical (unpaired) electrons. The number of thiazole rings is 1. The number of aromatic nitrogens is 2. The molecule has 0 aromatic carbocycles. The number of nitrogen functional groups attached to an aromatic ring is 1. The number of carboxylic acids is 1. The lowest BCUT2D eigenvalue weighted by molar-refractivity contribution is -0.661. The van der Waals surface area contributed by atoms with Gasteiger partial charge in [0.1, 0.15) is 17.1 Å². The Morgan fingerprint density at radius 3 is 2.73 bits per heavy atom. The Morgan fingerprint density at radius 2 is 2.09 bits per heavy atom. The third-order valence-corrected chi connectivity index (χ3v) is 10.6. The summed E-state index contributed by atoms with van der Waals surface area (Å²) in [5, 5.41) is 25.0. The molecule has 1 aliphatic carbocycles. The number of anilines is 2. The molecule has 2 fully saturated rings. The standard InChI is InChI=1S/C26H24N8O7S3/c27-24(40)26(4-2-5-26)41-32-16(15-10-44-25(28)30-15)19(36)31-17-20(37)34-18(23(38)39)12(8-42-22(17)34)7-33-6-1-3-13-14(29-11-35)9-43-21(13)33/h1,3,6,9-11,17,22H,2,4-5,7-8H2,(H6-,27,28,29,30,31,35,36,38,39,40)/b32-16-/t17?,22-/m1/s1. The fourth-order valence-corrected chi connectivity index (χ4v) is 8.05. The number of thioether (sulfide) groups is 1. The zero-order chi connectivity index (χ0) is 31.2. The maximum atomic E-state index is 13.4. The molecule has 3 aromatic rings. The Labute approximate surface area is 260 Å². The number of nitrogens with two attached hydrogens (primary N) is 2. The molecular formula is C26H24N8O7S3. The Kier molecular flexibility index (Phi) is 7.72. The number of amides is 4. The second-order valence-corrected chi connectivity index (χ2v) is 13.0. The lowest BCUT2D eigenvalue weighted by Gasteiger charge is -2.50. The highest BCUT2D eigenvalue weighted by molar-refractivity contribution is 8.00. The van der Waals surface area contributed by atoms with E-state index in [0.29, 0.717) is 36.9 Å². The van der Waals surface area contributed by atoms with Gasteiger partial charge in [0.05, 0.1) is 22.7 Å². The number of nitrogens with one attached hydrogen (secondary N) is 2. The van der Waals surface area contributed by atoms with E-state index in [-0.39, 0.29) is 34.5 Å². The number of fused-ring (bicyclic) bond motifs is 2. The molecule has 18 heteroatoms. The molecule has 0 bridgehead atoms. The lowest BCUT2D eigenvalue weighted by Crippen LogP contribution is -2.71. The summed E-state index contributed by atoms with van der Waals surface area (Å²) in [6.45, 7) is 0.156. The van der Waals surface area contributed by atoms with Crippen LogP contribution in [0.4, 0.5) is 10.8 Å². The second-order valence-electron chi connectivity index (χ2n) is 10.2. The van der Waals surface area contributed by atoms with E-state index in [1.54, 1.807) is 17.6 Å². The summed E-state index contributed by atoms with van der Waals surface area (Å²) in [7, 11) is 0. The Morgan fingerprint density at radius 1 is 1.30 bits per heavy atom. The molecule has 5 heterocycles. The van der Waals surface area contributed by atoms with Gasteiger partial charge in [-0.25, -0.2) is 4.98 Å². The van der Waals surface area contributed by atoms with Gasteiger partial charge in [-0.2, -0.15) is 4.57 Å². The van der Waals surface area contributed by atoms with Crippen LogP contribution in [-0.4, -0.2) is 68.5 Å². The van der Waals surface area contributed by atoms with Crippen molar-refractivity contribution in [3.63, 3.8) is 0 Å². The highest BCUT2D eigenvalue weighted by Crippen LogP contribution is 2.41. The van der Waals surface area contributed by atoms with Gasteiger partial charge in [-0.1, -0.05) is 16.5 Å². The average Bonchev–Trinajstić information content (AvgIpc) is 3.59. The number of oxime groups is 1. The third-order valence-electron chi connectivity index (χ3n) is 7.60. The predicted octanol–water partition coefficient (Wildman–Crippen LogP) is -0.971. The zero-order valence-corrected chi connectivity index (χ0v) is 25.1. The van der Waals surface area contributed by atoms with Crippen molar-refractivity contribution in [2.45, 2.75) is 42.8 Å². The van der Waals surface area contributed by atoms with Gasteiger partial charge >= 0.3 is 0 Å². The number of carbonyl (C=O) groups is 5. The van der Waals surface area contributed by atoms with Gasteiger partial charge in [-0.3, -0.25) is 24.1 Å². The van der Waals surface area contributed by atoms with E-state index >= 15 is 0 Å². The van der Waals surface area contributed by atoms with Gasteiger partial charge in [0, 0.05) is 28.2 Å². The van der Waals surface area contributed by atoms with Gasteiger partial charge in [-0.15, -0.1) is 23.1 Å². The van der Waals surface area contributed by atoms with Crippen molar-refractivity contribution in [1.82, 2.24) is 15.2 Å². The van der Waals surface area contributed by atoms with Crippen molar-refractivity contribution < 1.29 is 38.5 Å². The van der Waals surface area contributed by atoms with Crippen molar-refractivity contribution in [3.05, 3.63) is 46.1 Å². The average molecular weight is 657 g/mol. The number of carboxylic acid groups (broad SMARTS) is 1. The van der Waals surface area contributed by atoms with Crippen LogP contribution in [0.3, 0.4) is 0 Å². The van der Waals surface area contributed by atoms with Crippen LogP contribution >= 0.6 is 34.4 Å². The number of pyridine rings is 1. The first-order valence-corrected chi connectivity index (χ1v) is 16.0. The first kappa shape index (κ1) is 29.5. The number of aliphatic carboxylic acids is 1. The summed E-state index contributed by atoms with van der Waals surface area (Å²) in [5.74, 6) is -3.45. The van der Waals surface area contributed by atoms with Gasteiger partial charge in [0.2, 0.25) is 12.0 Å². The number of β-lactam (4-membered cyclic amide) rings is 1. The maximum Gasteiger partial charge on any atom is 0.276 e. The largest absolute Gasteiger partial charge is 0.543 e. The second kappa shape index (κ2) is 11.5. The number of primary amides is 1. The summed E-state index contributed by atoms with van der Waals surface area (Å²) >= 11 is 3.72. The molecule has 6 N–H and O–H groups in total. The first-order valence-electron chi connectivity index (χ1n) is 13.2. The molecule has 0 spiro atoms. The van der Waals surface area contributed by atoms with E-state index in [1.807, 2.05) is 10.6 Å². The molecule has 2 aliphatic heterocycles. The Balaban J connectivity index is 1.23. The van der Waals surface area contributed by atoms with Crippen LogP contribution in [0.1, 0.15) is 25.0 Å². The summed E-state index contributed by atoms with van der Waals surface area (Å²) < 4.78 is 1.84. The minimum atomic E-state index is -1.52. The van der Waals surface area contributed by atoms with E-state index in [0.717, 1.165) is 26.5 Å². The number of hydrogen-bond acceptors (Lipinski definition) is 13. The number of thiophene rings is 1.